The molecular formula is C13H22ClN3S. The van der Waals surface area contributed by atoms with Gasteiger partial charge < -0.3 is 0 Å². The number of aromatic nitrogens is 2. The second-order valence-electron chi connectivity index (χ2n) is 5.58. The second kappa shape index (κ2) is 6.83. The Morgan fingerprint density at radius 2 is 2.11 bits per heavy atom. The van der Waals surface area contributed by atoms with Gasteiger partial charge in [0, 0.05) is 24.1 Å². The van der Waals surface area contributed by atoms with Crippen LogP contribution in [-0.4, -0.2) is 27.1 Å². The van der Waals surface area contributed by atoms with E-state index in [9.17, 15) is 0 Å². The highest BCUT2D eigenvalue weighted by molar-refractivity contribution is 7.10. The van der Waals surface area contributed by atoms with Crippen LogP contribution < -0.4 is 0 Å². The molecule has 0 saturated heterocycles. The van der Waals surface area contributed by atoms with Crippen LogP contribution in [0.15, 0.2) is 0 Å². The summed E-state index contributed by atoms with van der Waals surface area (Å²) >= 11 is 7.41. The number of rotatable bonds is 6. The summed E-state index contributed by atoms with van der Waals surface area (Å²) in [6.45, 7) is 6.58. The third-order valence-electron chi connectivity index (χ3n) is 3.70. The normalized spacial score (nSPS) is 17.2. The van der Waals surface area contributed by atoms with E-state index in [0.717, 1.165) is 35.1 Å². The first-order valence-corrected chi connectivity index (χ1v) is 8.02. The van der Waals surface area contributed by atoms with Gasteiger partial charge in [-0.15, -0.1) is 5.10 Å². The molecule has 0 bridgehead atoms. The Bertz CT molecular complexity index is 361. The van der Waals surface area contributed by atoms with Gasteiger partial charge in [-0.25, -0.2) is 0 Å². The molecule has 1 saturated carbocycles. The average molecular weight is 288 g/mol. The van der Waals surface area contributed by atoms with Crippen LogP contribution in [0, 0.1) is 5.92 Å². The van der Waals surface area contributed by atoms with Crippen molar-refractivity contribution in [2.24, 2.45) is 5.92 Å². The van der Waals surface area contributed by atoms with Crippen molar-refractivity contribution in [2.45, 2.75) is 58.5 Å². The summed E-state index contributed by atoms with van der Waals surface area (Å²) < 4.78 is 4.68. The van der Waals surface area contributed by atoms with Crippen molar-refractivity contribution in [3.05, 3.63) is 10.0 Å². The molecule has 0 aromatic carbocycles. The maximum Gasteiger partial charge on any atom is 0.138 e. The fourth-order valence-corrected chi connectivity index (χ4v) is 3.18. The predicted octanol–water partition coefficient (Wildman–Crippen LogP) is 3.98. The fraction of sp³-hybridized carbons (Fsp3) is 0.846. The summed E-state index contributed by atoms with van der Waals surface area (Å²) in [6, 6.07) is 0.724. The van der Waals surface area contributed by atoms with E-state index in [1.54, 1.807) is 0 Å². The quantitative estimate of drug-likeness (QED) is 0.792. The van der Waals surface area contributed by atoms with Crippen molar-refractivity contribution in [1.29, 1.82) is 0 Å². The highest BCUT2D eigenvalue weighted by Crippen LogP contribution is 2.27. The zero-order valence-corrected chi connectivity index (χ0v) is 12.8. The van der Waals surface area contributed by atoms with E-state index in [0.29, 0.717) is 0 Å². The molecule has 0 radical (unpaired) electrons. The molecule has 5 heteroatoms. The van der Waals surface area contributed by atoms with Gasteiger partial charge in [0.15, 0.2) is 0 Å². The minimum absolute atomic E-state index is 0.724. The van der Waals surface area contributed by atoms with E-state index in [4.69, 9.17) is 11.6 Å². The van der Waals surface area contributed by atoms with Crippen molar-refractivity contribution in [1.82, 2.24) is 14.5 Å². The van der Waals surface area contributed by atoms with E-state index < -0.39 is 0 Å². The van der Waals surface area contributed by atoms with E-state index in [1.165, 1.54) is 43.6 Å². The van der Waals surface area contributed by atoms with E-state index >= 15 is 0 Å². The van der Waals surface area contributed by atoms with Crippen LogP contribution in [0.2, 0.25) is 4.34 Å². The van der Waals surface area contributed by atoms with Gasteiger partial charge >= 0.3 is 0 Å². The number of hydrogen-bond acceptors (Lipinski definition) is 4. The van der Waals surface area contributed by atoms with Crippen molar-refractivity contribution >= 4 is 23.1 Å². The van der Waals surface area contributed by atoms with Crippen LogP contribution >= 0.6 is 23.1 Å². The summed E-state index contributed by atoms with van der Waals surface area (Å²) in [4.78, 5) is 2.57. The Kier molecular flexibility index (Phi) is 5.39. The lowest BCUT2D eigenvalue weighted by atomic mass is 10.1. The lowest BCUT2D eigenvalue weighted by molar-refractivity contribution is 0.177. The maximum absolute atomic E-state index is 6.12. The first-order chi connectivity index (χ1) is 8.66. The summed E-state index contributed by atoms with van der Waals surface area (Å²) in [6.07, 6.45) is 6.63. The van der Waals surface area contributed by atoms with Gasteiger partial charge in [-0.3, -0.25) is 4.90 Å². The number of halogens is 1. The summed E-state index contributed by atoms with van der Waals surface area (Å²) in [5.41, 5.74) is 0.956. The largest absolute Gasteiger partial charge is 0.294 e. The standard InChI is InChI=1S/C13H22ClN3S/c1-10(2)7-8-17(11-5-3-4-6-11)9-12-13(14)18-16-15-12/h10-11H,3-9H2,1-2H3. The first-order valence-electron chi connectivity index (χ1n) is 6.87. The molecular weight excluding hydrogens is 266 g/mol. The molecule has 2 rings (SSSR count). The monoisotopic (exact) mass is 287 g/mol. The number of nitrogens with zero attached hydrogens (tertiary/aromatic N) is 3. The van der Waals surface area contributed by atoms with Crippen molar-refractivity contribution in [3.63, 3.8) is 0 Å². The molecule has 3 nitrogen and oxygen atoms in total. The van der Waals surface area contributed by atoms with Crippen LogP contribution in [0.4, 0.5) is 0 Å². The topological polar surface area (TPSA) is 29.0 Å². The summed E-state index contributed by atoms with van der Waals surface area (Å²) in [5, 5.41) is 4.15. The minimum atomic E-state index is 0.724. The van der Waals surface area contributed by atoms with Gasteiger partial charge in [0.1, 0.15) is 10.0 Å². The first kappa shape index (κ1) is 14.2. The predicted molar refractivity (Wildman–Crippen MR) is 77.0 cm³/mol. The van der Waals surface area contributed by atoms with Crippen LogP contribution in [0.1, 0.15) is 51.6 Å². The summed E-state index contributed by atoms with van der Waals surface area (Å²) in [5.74, 6) is 0.748. The molecule has 1 aliphatic carbocycles. The fourth-order valence-electron chi connectivity index (χ4n) is 2.57. The van der Waals surface area contributed by atoms with Gasteiger partial charge in [-0.05, 0) is 31.7 Å². The van der Waals surface area contributed by atoms with Crippen molar-refractivity contribution in [3.8, 4) is 0 Å². The Labute approximate surface area is 119 Å². The molecule has 0 aliphatic heterocycles. The smallest absolute Gasteiger partial charge is 0.138 e. The van der Waals surface area contributed by atoms with Gasteiger partial charge in [0.25, 0.3) is 0 Å². The molecule has 0 spiro atoms. The van der Waals surface area contributed by atoms with Crippen LogP contribution in [0.5, 0.6) is 0 Å². The zero-order chi connectivity index (χ0) is 13.0. The molecule has 1 aromatic rings. The SMILES string of the molecule is CC(C)CCN(Cc1nnsc1Cl)C1CCCC1. The third-order valence-corrected chi connectivity index (χ3v) is 4.68. The van der Waals surface area contributed by atoms with Gasteiger partial charge in [-0.2, -0.15) is 0 Å². The average Bonchev–Trinajstić information content (AvgIpc) is 2.96. The third kappa shape index (κ3) is 3.90. The molecule has 102 valence electrons. The van der Waals surface area contributed by atoms with Gasteiger partial charge in [0.05, 0.1) is 0 Å². The molecule has 18 heavy (non-hydrogen) atoms. The Hall–Kier alpha value is -0.190. The lowest BCUT2D eigenvalue weighted by Gasteiger charge is -2.28. The zero-order valence-electron chi connectivity index (χ0n) is 11.2. The second-order valence-corrected chi connectivity index (χ2v) is 6.94. The van der Waals surface area contributed by atoms with Crippen LogP contribution in [0.3, 0.4) is 0 Å². The van der Waals surface area contributed by atoms with Gasteiger partial charge in [0.2, 0.25) is 0 Å². The molecule has 0 atom stereocenters. The molecule has 1 aromatic heterocycles. The van der Waals surface area contributed by atoms with Crippen LogP contribution in [0.25, 0.3) is 0 Å². The highest BCUT2D eigenvalue weighted by atomic mass is 35.5. The summed E-state index contributed by atoms with van der Waals surface area (Å²) in [7, 11) is 0. The van der Waals surface area contributed by atoms with Crippen molar-refractivity contribution < 1.29 is 0 Å². The van der Waals surface area contributed by atoms with E-state index in [2.05, 4.69) is 28.3 Å². The molecule has 1 aliphatic rings. The van der Waals surface area contributed by atoms with Gasteiger partial charge in [-0.1, -0.05) is 42.8 Å². The highest BCUT2D eigenvalue weighted by Gasteiger charge is 2.24. The van der Waals surface area contributed by atoms with E-state index in [-0.39, 0.29) is 0 Å². The Morgan fingerprint density at radius 3 is 2.67 bits per heavy atom. The molecule has 1 fully saturated rings. The van der Waals surface area contributed by atoms with Crippen LogP contribution in [-0.2, 0) is 6.54 Å². The molecule has 1 heterocycles. The molecule has 0 amide bonds. The maximum atomic E-state index is 6.12. The molecule has 0 unspecified atom stereocenters. The van der Waals surface area contributed by atoms with Crippen molar-refractivity contribution in [2.75, 3.05) is 6.54 Å². The minimum Gasteiger partial charge on any atom is -0.294 e. The lowest BCUT2D eigenvalue weighted by Crippen LogP contribution is -2.34. The molecule has 0 N–H and O–H groups in total. The van der Waals surface area contributed by atoms with E-state index in [1.807, 2.05) is 0 Å². The number of hydrogen-bond donors (Lipinski definition) is 0. The Balaban J connectivity index is 1.97. The Morgan fingerprint density at radius 1 is 1.39 bits per heavy atom.